The van der Waals surface area contributed by atoms with E-state index in [4.69, 9.17) is 5.11 Å². The molecule has 0 saturated heterocycles. The Bertz CT molecular complexity index is 426. The van der Waals surface area contributed by atoms with Crippen LogP contribution in [-0.4, -0.2) is 47.3 Å². The second kappa shape index (κ2) is 4.30. The van der Waals surface area contributed by atoms with Crippen LogP contribution in [0.1, 0.15) is 6.92 Å². The summed E-state index contributed by atoms with van der Waals surface area (Å²) < 4.78 is 26.4. The molecule has 1 atom stereocenters. The van der Waals surface area contributed by atoms with Crippen LogP contribution in [0.4, 0.5) is 0 Å². The number of aromatic nitrogens is 2. The molecule has 1 aromatic heterocycles. The Morgan fingerprint density at radius 1 is 1.67 bits per heavy atom. The van der Waals surface area contributed by atoms with Crippen molar-refractivity contribution in [3.05, 3.63) is 12.3 Å². The predicted molar refractivity (Wildman–Crippen MR) is 54.7 cm³/mol. The molecule has 1 aromatic rings. The van der Waals surface area contributed by atoms with E-state index >= 15 is 0 Å². The second-order valence-corrected chi connectivity index (χ2v) is 5.29. The van der Waals surface area contributed by atoms with E-state index in [-0.39, 0.29) is 11.6 Å². The van der Waals surface area contributed by atoms with Gasteiger partial charge in [0.2, 0.25) is 0 Å². The normalized spacial score (nSPS) is 14.5. The van der Waals surface area contributed by atoms with Gasteiger partial charge in [-0.2, -0.15) is 9.40 Å². The fourth-order valence-corrected chi connectivity index (χ4v) is 2.56. The Labute approximate surface area is 89.2 Å². The van der Waals surface area contributed by atoms with Crippen molar-refractivity contribution >= 4 is 10.0 Å². The summed E-state index contributed by atoms with van der Waals surface area (Å²) in [6.07, 6.45) is 1.42. The summed E-state index contributed by atoms with van der Waals surface area (Å²) in [5.41, 5.74) is 0. The summed E-state index contributed by atoms with van der Waals surface area (Å²) in [4.78, 5) is 0. The van der Waals surface area contributed by atoms with Gasteiger partial charge >= 0.3 is 0 Å². The summed E-state index contributed by atoms with van der Waals surface area (Å²) >= 11 is 0. The van der Waals surface area contributed by atoms with Gasteiger partial charge in [0.15, 0.2) is 5.03 Å². The summed E-state index contributed by atoms with van der Waals surface area (Å²) in [5, 5.41) is 12.8. The number of hydrogen-bond donors (Lipinski definition) is 1. The van der Waals surface area contributed by atoms with Crippen molar-refractivity contribution in [2.24, 2.45) is 7.05 Å². The van der Waals surface area contributed by atoms with Gasteiger partial charge in [0.25, 0.3) is 10.0 Å². The second-order valence-electron chi connectivity index (χ2n) is 3.35. The van der Waals surface area contributed by atoms with Crippen LogP contribution in [-0.2, 0) is 17.1 Å². The van der Waals surface area contributed by atoms with Gasteiger partial charge < -0.3 is 5.11 Å². The average Bonchev–Trinajstić information content (AvgIpc) is 2.62. The van der Waals surface area contributed by atoms with E-state index in [0.717, 1.165) is 4.31 Å². The van der Waals surface area contributed by atoms with Crippen LogP contribution >= 0.6 is 0 Å². The number of aryl methyl sites for hydroxylation is 1. The number of nitrogens with zero attached hydrogens (tertiary/aromatic N) is 3. The predicted octanol–water partition coefficient (Wildman–Crippen LogP) is -0.579. The number of rotatable bonds is 4. The van der Waals surface area contributed by atoms with Crippen molar-refractivity contribution in [2.75, 3.05) is 13.7 Å². The highest BCUT2D eigenvalue weighted by Crippen LogP contribution is 2.14. The lowest BCUT2D eigenvalue weighted by molar-refractivity contribution is 0.213. The van der Waals surface area contributed by atoms with E-state index in [9.17, 15) is 8.42 Å². The first kappa shape index (κ1) is 12.2. The Morgan fingerprint density at radius 3 is 2.67 bits per heavy atom. The molecule has 0 saturated carbocycles. The van der Waals surface area contributed by atoms with Gasteiger partial charge in [-0.1, -0.05) is 0 Å². The number of likely N-dealkylation sites (N-methyl/N-ethyl adjacent to an activating group) is 1. The molecule has 7 heteroatoms. The van der Waals surface area contributed by atoms with E-state index < -0.39 is 16.1 Å². The smallest absolute Gasteiger partial charge is 0.260 e. The fraction of sp³-hybridized carbons (Fsp3) is 0.625. The molecule has 86 valence electrons. The van der Waals surface area contributed by atoms with E-state index in [2.05, 4.69) is 5.10 Å². The topological polar surface area (TPSA) is 75.4 Å². The van der Waals surface area contributed by atoms with Crippen molar-refractivity contribution in [3.63, 3.8) is 0 Å². The molecule has 6 nitrogen and oxygen atoms in total. The van der Waals surface area contributed by atoms with Gasteiger partial charge in [-0.05, 0) is 13.0 Å². The molecule has 0 amide bonds. The molecule has 1 N–H and O–H groups in total. The van der Waals surface area contributed by atoms with Crippen LogP contribution in [0, 0.1) is 0 Å². The van der Waals surface area contributed by atoms with Gasteiger partial charge in [0.1, 0.15) is 0 Å². The number of sulfonamides is 1. The quantitative estimate of drug-likeness (QED) is 0.755. The van der Waals surface area contributed by atoms with Crippen LogP contribution in [0.15, 0.2) is 17.3 Å². The molecule has 0 radical (unpaired) electrons. The third kappa shape index (κ3) is 2.19. The lowest BCUT2D eigenvalue weighted by Gasteiger charge is -2.22. The third-order valence-corrected chi connectivity index (χ3v) is 4.35. The molecule has 0 spiro atoms. The van der Waals surface area contributed by atoms with Crippen LogP contribution in [0.25, 0.3) is 0 Å². The molecule has 0 aliphatic carbocycles. The monoisotopic (exact) mass is 233 g/mol. The van der Waals surface area contributed by atoms with Crippen molar-refractivity contribution in [1.82, 2.24) is 14.1 Å². The highest BCUT2D eigenvalue weighted by molar-refractivity contribution is 7.89. The summed E-state index contributed by atoms with van der Waals surface area (Å²) in [6.45, 7) is 1.42. The minimum atomic E-state index is -3.56. The zero-order chi connectivity index (χ0) is 11.6. The van der Waals surface area contributed by atoms with Crippen LogP contribution in [0.5, 0.6) is 0 Å². The minimum absolute atomic E-state index is 0.116. The minimum Gasteiger partial charge on any atom is -0.395 e. The number of aliphatic hydroxyl groups is 1. The number of hydrogen-bond acceptors (Lipinski definition) is 4. The zero-order valence-corrected chi connectivity index (χ0v) is 9.77. The molecular weight excluding hydrogens is 218 g/mol. The molecule has 0 aromatic carbocycles. The van der Waals surface area contributed by atoms with Crippen molar-refractivity contribution in [3.8, 4) is 0 Å². The molecule has 0 aliphatic heterocycles. The van der Waals surface area contributed by atoms with E-state index in [1.807, 2.05) is 0 Å². The van der Waals surface area contributed by atoms with Gasteiger partial charge in [-0.25, -0.2) is 8.42 Å². The lowest BCUT2D eigenvalue weighted by Crippen LogP contribution is -2.38. The first-order valence-electron chi connectivity index (χ1n) is 4.48. The van der Waals surface area contributed by atoms with Crippen LogP contribution < -0.4 is 0 Å². The third-order valence-electron chi connectivity index (χ3n) is 2.30. The molecule has 1 rings (SSSR count). The molecule has 1 unspecified atom stereocenters. The molecule has 1 heterocycles. The van der Waals surface area contributed by atoms with E-state index in [0.29, 0.717) is 0 Å². The SMILES string of the molecule is CC(CO)N(C)S(=O)(=O)c1ccnn1C. The van der Waals surface area contributed by atoms with E-state index in [1.54, 1.807) is 14.0 Å². The Morgan fingerprint density at radius 2 is 2.27 bits per heavy atom. The van der Waals surface area contributed by atoms with Crippen molar-refractivity contribution < 1.29 is 13.5 Å². The van der Waals surface area contributed by atoms with Crippen LogP contribution in [0.3, 0.4) is 0 Å². The number of aliphatic hydroxyl groups excluding tert-OH is 1. The van der Waals surface area contributed by atoms with Gasteiger partial charge in [0, 0.05) is 20.1 Å². The molecule has 0 fully saturated rings. The van der Waals surface area contributed by atoms with Gasteiger partial charge in [-0.15, -0.1) is 0 Å². The van der Waals surface area contributed by atoms with E-state index in [1.165, 1.54) is 24.0 Å². The highest BCUT2D eigenvalue weighted by atomic mass is 32.2. The van der Waals surface area contributed by atoms with Crippen LogP contribution in [0.2, 0.25) is 0 Å². The summed E-state index contributed by atoms with van der Waals surface area (Å²) in [5.74, 6) is 0. The maximum absolute atomic E-state index is 12.0. The molecular formula is C8H15N3O3S. The maximum atomic E-state index is 12.0. The zero-order valence-electron chi connectivity index (χ0n) is 8.95. The molecule has 0 aliphatic rings. The van der Waals surface area contributed by atoms with Crippen molar-refractivity contribution in [2.45, 2.75) is 18.0 Å². The van der Waals surface area contributed by atoms with Gasteiger partial charge in [-0.3, -0.25) is 4.68 Å². The highest BCUT2D eigenvalue weighted by Gasteiger charge is 2.27. The van der Waals surface area contributed by atoms with Gasteiger partial charge in [0.05, 0.1) is 12.8 Å². The molecule has 15 heavy (non-hydrogen) atoms. The Kier molecular flexibility index (Phi) is 3.48. The Balaban J connectivity index is 3.09. The summed E-state index contributed by atoms with van der Waals surface area (Å²) in [7, 11) is -0.570. The molecule has 0 bridgehead atoms. The Hall–Kier alpha value is -0.920. The maximum Gasteiger partial charge on any atom is 0.260 e. The standard InChI is InChI=1S/C8H15N3O3S/c1-7(6-12)11(3)15(13,14)8-4-5-9-10(8)2/h4-5,7,12H,6H2,1-3H3. The first-order chi connectivity index (χ1) is 6.91. The van der Waals surface area contributed by atoms with Crippen molar-refractivity contribution in [1.29, 1.82) is 0 Å². The fourth-order valence-electron chi connectivity index (χ4n) is 1.11. The largest absolute Gasteiger partial charge is 0.395 e. The first-order valence-corrected chi connectivity index (χ1v) is 5.92. The average molecular weight is 233 g/mol. The summed E-state index contributed by atoms with van der Waals surface area (Å²) in [6, 6.07) is 0.973. The lowest BCUT2D eigenvalue weighted by atomic mass is 10.4.